The topological polar surface area (TPSA) is 74.6 Å². The van der Waals surface area contributed by atoms with E-state index in [4.69, 9.17) is 0 Å². The van der Waals surface area contributed by atoms with Crippen LogP contribution in [0.2, 0.25) is 0 Å². The van der Waals surface area contributed by atoms with Crippen LogP contribution in [0.5, 0.6) is 11.5 Å². The molecule has 2 aromatic carbocycles. The van der Waals surface area contributed by atoms with Crippen LogP contribution in [0.4, 0.5) is 26.3 Å². The second kappa shape index (κ2) is 5.83. The molecule has 0 bridgehead atoms. The van der Waals surface area contributed by atoms with Crippen molar-refractivity contribution in [3.05, 3.63) is 47.5 Å². The molecule has 0 unspecified atom stereocenters. The molecule has 0 fully saturated rings. The summed E-state index contributed by atoms with van der Waals surface area (Å²) in [6, 6.07) is 1.98. The molecule has 2 aromatic rings. The van der Waals surface area contributed by atoms with Gasteiger partial charge in [0, 0.05) is 0 Å². The molecule has 2 N–H and O–H groups in total. The van der Waals surface area contributed by atoms with E-state index in [1.165, 1.54) is 0 Å². The number of hydrogen-bond acceptors (Lipinski definition) is 4. The zero-order chi connectivity index (χ0) is 19.2. The molecule has 11 heteroatoms. The first kappa shape index (κ1) is 18.9. The Kier molecular flexibility index (Phi) is 4.41. The Morgan fingerprint density at radius 1 is 0.680 bits per heavy atom. The Morgan fingerprint density at radius 2 is 1.00 bits per heavy atom. The number of rotatable bonds is 2. The predicted octanol–water partition coefficient (Wildman–Crippen LogP) is 3.97. The fraction of sp³-hybridized carbons (Fsp3) is 0.143. The van der Waals surface area contributed by atoms with E-state index >= 15 is 0 Å². The second-order valence-corrected chi connectivity index (χ2v) is 6.75. The number of alkyl halides is 6. The van der Waals surface area contributed by atoms with Crippen LogP contribution in [-0.4, -0.2) is 18.6 Å². The minimum absolute atomic E-state index is 0.161. The zero-order valence-electron chi connectivity index (χ0n) is 11.9. The van der Waals surface area contributed by atoms with Crippen LogP contribution in [0, 0.1) is 0 Å². The van der Waals surface area contributed by atoms with Gasteiger partial charge in [-0.2, -0.15) is 26.3 Å². The lowest BCUT2D eigenvalue weighted by atomic mass is 10.2. The van der Waals surface area contributed by atoms with Crippen molar-refractivity contribution in [3.63, 3.8) is 0 Å². The molecule has 4 nitrogen and oxygen atoms in total. The highest BCUT2D eigenvalue weighted by atomic mass is 32.2. The summed E-state index contributed by atoms with van der Waals surface area (Å²) in [6.45, 7) is 0. The molecule has 0 aliphatic rings. The SMILES string of the molecule is O=S(=O)(c1ccc(C(F)(F)F)cc1O)c1ccc(C(F)(F)F)cc1O. The lowest BCUT2D eigenvalue weighted by Gasteiger charge is -2.13. The standard InChI is InChI=1S/C14H8F6O4S/c15-13(16,17)7-1-3-11(9(21)5-7)25(23,24)12-4-2-8(6-10(12)22)14(18,19)20/h1-6,21-22H. The van der Waals surface area contributed by atoms with Crippen molar-refractivity contribution in [1.29, 1.82) is 0 Å². The summed E-state index contributed by atoms with van der Waals surface area (Å²) in [5.41, 5.74) is -2.64. The summed E-state index contributed by atoms with van der Waals surface area (Å²) in [4.78, 5) is -1.98. The molecular weight excluding hydrogens is 378 g/mol. The van der Waals surface area contributed by atoms with Crippen LogP contribution >= 0.6 is 0 Å². The third kappa shape index (κ3) is 3.65. The molecule has 0 atom stereocenters. The molecule has 25 heavy (non-hydrogen) atoms. The van der Waals surface area contributed by atoms with Crippen LogP contribution in [0.3, 0.4) is 0 Å². The van der Waals surface area contributed by atoms with Crippen LogP contribution in [0.15, 0.2) is 46.2 Å². The fourth-order valence-corrected chi connectivity index (χ4v) is 3.36. The normalized spacial score (nSPS) is 13.0. The van der Waals surface area contributed by atoms with Crippen molar-refractivity contribution in [3.8, 4) is 11.5 Å². The number of sulfone groups is 1. The van der Waals surface area contributed by atoms with Crippen LogP contribution in [0.25, 0.3) is 0 Å². The van der Waals surface area contributed by atoms with Crippen molar-refractivity contribution in [2.24, 2.45) is 0 Å². The van der Waals surface area contributed by atoms with Gasteiger partial charge in [-0.05, 0) is 36.4 Å². The van der Waals surface area contributed by atoms with Gasteiger partial charge < -0.3 is 10.2 Å². The van der Waals surface area contributed by atoms with E-state index in [9.17, 15) is 45.0 Å². The minimum Gasteiger partial charge on any atom is -0.507 e. The first-order valence-corrected chi connectivity index (χ1v) is 7.78. The Morgan fingerprint density at radius 3 is 1.24 bits per heavy atom. The summed E-state index contributed by atoms with van der Waals surface area (Å²) < 4.78 is 99.8. The van der Waals surface area contributed by atoms with Crippen LogP contribution < -0.4 is 0 Å². The molecule has 0 saturated heterocycles. The lowest BCUT2D eigenvalue weighted by molar-refractivity contribution is -0.138. The molecule has 0 aliphatic carbocycles. The number of halogens is 6. The quantitative estimate of drug-likeness (QED) is 0.766. The maximum Gasteiger partial charge on any atom is 0.416 e. The molecule has 0 heterocycles. The lowest BCUT2D eigenvalue weighted by Crippen LogP contribution is -2.09. The van der Waals surface area contributed by atoms with Gasteiger partial charge in [-0.15, -0.1) is 0 Å². The number of phenols is 2. The Balaban J connectivity index is 2.57. The Labute approximate surface area is 136 Å². The first-order chi connectivity index (χ1) is 11.2. The number of benzene rings is 2. The van der Waals surface area contributed by atoms with Crippen molar-refractivity contribution in [2.45, 2.75) is 22.1 Å². The van der Waals surface area contributed by atoms with E-state index < -0.39 is 54.6 Å². The van der Waals surface area contributed by atoms with Gasteiger partial charge in [0.05, 0.1) is 11.1 Å². The number of aromatic hydroxyl groups is 2. The van der Waals surface area contributed by atoms with E-state index in [-0.39, 0.29) is 12.1 Å². The maximum absolute atomic E-state index is 12.5. The summed E-state index contributed by atoms with van der Waals surface area (Å²) in [6.07, 6.45) is -9.67. The largest absolute Gasteiger partial charge is 0.507 e. The molecule has 0 aromatic heterocycles. The van der Waals surface area contributed by atoms with Crippen molar-refractivity contribution in [1.82, 2.24) is 0 Å². The third-order valence-corrected chi connectivity index (χ3v) is 5.00. The highest BCUT2D eigenvalue weighted by Crippen LogP contribution is 2.39. The monoisotopic (exact) mass is 386 g/mol. The summed E-state index contributed by atoms with van der Waals surface area (Å²) in [5.74, 6) is -2.51. The molecule has 0 saturated carbocycles. The maximum atomic E-state index is 12.5. The van der Waals surface area contributed by atoms with Crippen LogP contribution in [0.1, 0.15) is 11.1 Å². The molecule has 2 rings (SSSR count). The molecule has 0 amide bonds. The Hall–Kier alpha value is -2.43. The fourth-order valence-electron chi connectivity index (χ4n) is 1.96. The average molecular weight is 386 g/mol. The number of hydrogen-bond donors (Lipinski definition) is 2. The molecule has 0 radical (unpaired) electrons. The van der Waals surface area contributed by atoms with E-state index in [2.05, 4.69) is 0 Å². The summed E-state index contributed by atoms with van der Waals surface area (Å²) in [5, 5.41) is 19.2. The highest BCUT2D eigenvalue weighted by molar-refractivity contribution is 7.91. The zero-order valence-corrected chi connectivity index (χ0v) is 12.7. The van der Waals surface area contributed by atoms with Gasteiger partial charge in [-0.1, -0.05) is 0 Å². The molecule has 0 spiro atoms. The average Bonchev–Trinajstić information content (AvgIpc) is 2.44. The molecule has 136 valence electrons. The van der Waals surface area contributed by atoms with Crippen LogP contribution in [-0.2, 0) is 22.2 Å². The van der Waals surface area contributed by atoms with Crippen molar-refractivity contribution >= 4 is 9.84 Å². The van der Waals surface area contributed by atoms with Gasteiger partial charge in [-0.25, -0.2) is 8.42 Å². The van der Waals surface area contributed by atoms with Gasteiger partial charge in [0.15, 0.2) is 0 Å². The predicted molar refractivity (Wildman–Crippen MR) is 71.7 cm³/mol. The van der Waals surface area contributed by atoms with Gasteiger partial charge in [0.25, 0.3) is 0 Å². The first-order valence-electron chi connectivity index (χ1n) is 6.30. The summed E-state index contributed by atoms with van der Waals surface area (Å²) in [7, 11) is -4.76. The van der Waals surface area contributed by atoms with E-state index in [0.717, 1.165) is 0 Å². The van der Waals surface area contributed by atoms with Crippen molar-refractivity contribution in [2.75, 3.05) is 0 Å². The van der Waals surface area contributed by atoms with E-state index in [1.54, 1.807) is 0 Å². The van der Waals surface area contributed by atoms with Crippen molar-refractivity contribution < 1.29 is 45.0 Å². The van der Waals surface area contributed by atoms with Gasteiger partial charge in [0.2, 0.25) is 9.84 Å². The second-order valence-electron chi connectivity index (χ2n) is 4.86. The minimum atomic E-state index is -4.84. The number of phenolic OH excluding ortho intramolecular Hbond substituents is 2. The van der Waals surface area contributed by atoms with E-state index in [0.29, 0.717) is 24.3 Å². The third-order valence-electron chi connectivity index (χ3n) is 3.15. The smallest absolute Gasteiger partial charge is 0.416 e. The molecular formula is C14H8F6O4S. The van der Waals surface area contributed by atoms with E-state index in [1.807, 2.05) is 0 Å². The highest BCUT2D eigenvalue weighted by Gasteiger charge is 2.35. The van der Waals surface area contributed by atoms with Gasteiger partial charge in [0.1, 0.15) is 21.3 Å². The van der Waals surface area contributed by atoms with Gasteiger partial charge >= 0.3 is 12.4 Å². The molecule has 0 aliphatic heterocycles. The Bertz CT molecular complexity index is 846. The summed E-state index contributed by atoms with van der Waals surface area (Å²) >= 11 is 0. The van der Waals surface area contributed by atoms with Gasteiger partial charge in [-0.3, -0.25) is 0 Å².